The molecule has 1 aromatic carbocycles. The second kappa shape index (κ2) is 5.39. The van der Waals surface area contributed by atoms with Crippen molar-refractivity contribution in [2.45, 2.75) is 12.5 Å². The number of para-hydroxylation sites is 2. The summed E-state index contributed by atoms with van der Waals surface area (Å²) in [6.45, 7) is 4.76. The zero-order chi connectivity index (χ0) is 13.2. The number of nitrogens with two attached hydrogens (primary N) is 1. The van der Waals surface area contributed by atoms with Crippen molar-refractivity contribution in [2.24, 2.45) is 11.7 Å². The van der Waals surface area contributed by atoms with Crippen molar-refractivity contribution in [3.63, 3.8) is 0 Å². The van der Waals surface area contributed by atoms with Gasteiger partial charge < -0.3 is 20.3 Å². The summed E-state index contributed by atoms with van der Waals surface area (Å²) < 4.78 is 5.59. The highest BCUT2D eigenvalue weighted by Crippen LogP contribution is 2.32. The first kappa shape index (κ1) is 12.8. The van der Waals surface area contributed by atoms with Gasteiger partial charge in [-0.15, -0.1) is 0 Å². The monoisotopic (exact) mass is 261 g/mol. The van der Waals surface area contributed by atoms with Gasteiger partial charge in [-0.1, -0.05) is 12.1 Å². The molecule has 3 rings (SSSR count). The lowest BCUT2D eigenvalue weighted by atomic mass is 9.95. The van der Waals surface area contributed by atoms with E-state index in [-0.39, 0.29) is 6.04 Å². The third-order valence-electron chi connectivity index (χ3n) is 4.33. The molecule has 4 nitrogen and oxygen atoms in total. The summed E-state index contributed by atoms with van der Waals surface area (Å²) >= 11 is 0. The fraction of sp³-hybridized carbons (Fsp3) is 0.600. The van der Waals surface area contributed by atoms with Crippen molar-refractivity contribution in [1.82, 2.24) is 0 Å². The number of nitrogens with zero attached hydrogens (tertiary/aromatic N) is 2. The molecule has 2 N–H and O–H groups in total. The maximum absolute atomic E-state index is 6.23. The van der Waals surface area contributed by atoms with E-state index in [1.54, 1.807) is 0 Å². The summed E-state index contributed by atoms with van der Waals surface area (Å²) in [4.78, 5) is 4.79. The molecule has 4 heteroatoms. The van der Waals surface area contributed by atoms with Gasteiger partial charge in [-0.25, -0.2) is 0 Å². The van der Waals surface area contributed by atoms with E-state index in [0.29, 0.717) is 5.92 Å². The molecule has 0 aromatic heterocycles. The van der Waals surface area contributed by atoms with Crippen LogP contribution in [-0.4, -0.2) is 45.9 Å². The summed E-state index contributed by atoms with van der Waals surface area (Å²) in [6.07, 6.45) is 0.986. The zero-order valence-corrected chi connectivity index (χ0v) is 11.6. The number of rotatable bonds is 2. The van der Waals surface area contributed by atoms with E-state index in [9.17, 15) is 0 Å². The highest BCUT2D eigenvalue weighted by Gasteiger charge is 2.27. The molecule has 2 aliphatic heterocycles. The van der Waals surface area contributed by atoms with Crippen LogP contribution in [0.4, 0.5) is 11.4 Å². The molecule has 2 heterocycles. The molecule has 104 valence electrons. The van der Waals surface area contributed by atoms with Gasteiger partial charge in [-0.2, -0.15) is 0 Å². The zero-order valence-electron chi connectivity index (χ0n) is 11.6. The van der Waals surface area contributed by atoms with Gasteiger partial charge in [0.15, 0.2) is 0 Å². The standard InChI is InChI=1S/C15H23N3O/c1-17-7-8-18(15-5-3-2-4-14(15)17)10-12-11-19-9-6-13(12)16/h2-5,12-13H,6-11,16H2,1H3. The SMILES string of the molecule is CN1CCN(CC2COCCC2N)c2ccccc21. The summed E-state index contributed by atoms with van der Waals surface area (Å²) in [5.41, 5.74) is 8.87. The maximum atomic E-state index is 6.23. The largest absolute Gasteiger partial charge is 0.381 e. The number of hydrogen-bond acceptors (Lipinski definition) is 4. The molecule has 19 heavy (non-hydrogen) atoms. The van der Waals surface area contributed by atoms with E-state index in [1.807, 2.05) is 0 Å². The number of ether oxygens (including phenoxy) is 1. The Kier molecular flexibility index (Phi) is 3.62. The molecule has 2 aliphatic rings. The lowest BCUT2D eigenvalue weighted by Gasteiger charge is -2.40. The molecule has 0 bridgehead atoms. The predicted molar refractivity (Wildman–Crippen MR) is 78.8 cm³/mol. The van der Waals surface area contributed by atoms with Crippen LogP contribution in [0.15, 0.2) is 24.3 Å². The van der Waals surface area contributed by atoms with Gasteiger partial charge in [-0.05, 0) is 18.6 Å². The predicted octanol–water partition coefficient (Wildman–Crippen LogP) is 1.31. The summed E-state index contributed by atoms with van der Waals surface area (Å²) in [6, 6.07) is 8.90. The third kappa shape index (κ3) is 2.55. The Hall–Kier alpha value is -1.26. The van der Waals surface area contributed by atoms with Crippen molar-refractivity contribution >= 4 is 11.4 Å². The molecule has 0 aliphatic carbocycles. The Bertz CT molecular complexity index is 437. The third-order valence-corrected chi connectivity index (χ3v) is 4.33. The highest BCUT2D eigenvalue weighted by molar-refractivity contribution is 5.73. The molecule has 0 amide bonds. The first-order valence-corrected chi connectivity index (χ1v) is 7.14. The smallest absolute Gasteiger partial charge is 0.0604 e. The lowest BCUT2D eigenvalue weighted by molar-refractivity contribution is 0.0446. The number of benzene rings is 1. The van der Waals surface area contributed by atoms with E-state index < -0.39 is 0 Å². The lowest BCUT2D eigenvalue weighted by Crippen LogP contribution is -2.48. The molecule has 1 saturated heterocycles. The van der Waals surface area contributed by atoms with Gasteiger partial charge in [0.2, 0.25) is 0 Å². The first-order valence-electron chi connectivity index (χ1n) is 7.14. The van der Waals surface area contributed by atoms with Crippen LogP contribution in [0.5, 0.6) is 0 Å². The molecule has 1 aromatic rings. The van der Waals surface area contributed by atoms with Crippen LogP contribution in [0.2, 0.25) is 0 Å². The van der Waals surface area contributed by atoms with Crippen molar-refractivity contribution in [3.8, 4) is 0 Å². The maximum Gasteiger partial charge on any atom is 0.0604 e. The molecule has 0 spiro atoms. The molecule has 0 radical (unpaired) electrons. The molecule has 2 atom stereocenters. The Morgan fingerprint density at radius 1 is 1.26 bits per heavy atom. The minimum absolute atomic E-state index is 0.278. The van der Waals surface area contributed by atoms with Crippen molar-refractivity contribution in [3.05, 3.63) is 24.3 Å². The molecule has 2 unspecified atom stereocenters. The second-order valence-corrected chi connectivity index (χ2v) is 5.64. The van der Waals surface area contributed by atoms with Gasteiger partial charge in [0, 0.05) is 45.2 Å². The van der Waals surface area contributed by atoms with E-state index >= 15 is 0 Å². The van der Waals surface area contributed by atoms with Crippen LogP contribution in [0.25, 0.3) is 0 Å². The normalized spacial score (nSPS) is 27.3. The van der Waals surface area contributed by atoms with Gasteiger partial charge in [-0.3, -0.25) is 0 Å². The average molecular weight is 261 g/mol. The number of anilines is 2. The number of fused-ring (bicyclic) bond motifs is 1. The van der Waals surface area contributed by atoms with Crippen LogP contribution in [0, 0.1) is 5.92 Å². The minimum atomic E-state index is 0.278. The molecule has 0 saturated carbocycles. The molecular formula is C15H23N3O. The summed E-state index contributed by atoms with van der Waals surface area (Å²) in [7, 11) is 2.16. The van der Waals surface area contributed by atoms with Gasteiger partial charge in [0.05, 0.1) is 18.0 Å². The fourth-order valence-corrected chi connectivity index (χ4v) is 3.04. The quantitative estimate of drug-likeness (QED) is 0.871. The second-order valence-electron chi connectivity index (χ2n) is 5.64. The average Bonchev–Trinajstić information content (AvgIpc) is 2.44. The van der Waals surface area contributed by atoms with Crippen LogP contribution in [0.3, 0.4) is 0 Å². The van der Waals surface area contributed by atoms with Gasteiger partial charge >= 0.3 is 0 Å². The topological polar surface area (TPSA) is 41.7 Å². The van der Waals surface area contributed by atoms with Crippen LogP contribution >= 0.6 is 0 Å². The van der Waals surface area contributed by atoms with Crippen molar-refractivity contribution in [1.29, 1.82) is 0 Å². The number of hydrogen-bond donors (Lipinski definition) is 1. The Morgan fingerprint density at radius 3 is 2.84 bits per heavy atom. The Balaban J connectivity index is 1.77. The summed E-state index contributed by atoms with van der Waals surface area (Å²) in [5.74, 6) is 0.449. The van der Waals surface area contributed by atoms with Crippen molar-refractivity contribution in [2.75, 3.05) is 49.7 Å². The van der Waals surface area contributed by atoms with Crippen LogP contribution in [-0.2, 0) is 4.74 Å². The Labute approximate surface area is 115 Å². The van der Waals surface area contributed by atoms with Gasteiger partial charge in [0.1, 0.15) is 0 Å². The van der Waals surface area contributed by atoms with E-state index in [4.69, 9.17) is 10.5 Å². The molecule has 1 fully saturated rings. The number of likely N-dealkylation sites (N-methyl/N-ethyl adjacent to an activating group) is 1. The fourth-order valence-electron chi connectivity index (χ4n) is 3.04. The van der Waals surface area contributed by atoms with E-state index in [2.05, 4.69) is 41.1 Å². The minimum Gasteiger partial charge on any atom is -0.381 e. The van der Waals surface area contributed by atoms with Crippen molar-refractivity contribution < 1.29 is 4.74 Å². The van der Waals surface area contributed by atoms with Crippen LogP contribution < -0.4 is 15.5 Å². The first-order chi connectivity index (χ1) is 9.25. The molecular weight excluding hydrogens is 238 g/mol. The van der Waals surface area contributed by atoms with E-state index in [1.165, 1.54) is 11.4 Å². The highest BCUT2D eigenvalue weighted by atomic mass is 16.5. The van der Waals surface area contributed by atoms with Gasteiger partial charge in [0.25, 0.3) is 0 Å². The Morgan fingerprint density at radius 2 is 2.05 bits per heavy atom. The summed E-state index contributed by atoms with van der Waals surface area (Å²) in [5, 5.41) is 0. The van der Waals surface area contributed by atoms with Crippen LogP contribution in [0.1, 0.15) is 6.42 Å². The van der Waals surface area contributed by atoms with E-state index in [0.717, 1.165) is 39.3 Å².